The molecule has 2 heterocycles. The average molecular weight is 473 g/mol. The smallest absolute Gasteiger partial charge is 0.228 e. The first-order valence-corrected chi connectivity index (χ1v) is 12.2. The highest BCUT2D eigenvalue weighted by Gasteiger charge is 2.23. The molecule has 0 radical (unpaired) electrons. The molecule has 0 spiro atoms. The number of methoxy groups -OCH3 is 1. The Balaban J connectivity index is 1.45. The van der Waals surface area contributed by atoms with Crippen LogP contribution in [0.3, 0.4) is 0 Å². The van der Waals surface area contributed by atoms with Crippen LogP contribution >= 0.6 is 11.3 Å². The molecule has 9 heteroatoms. The molecule has 1 aliphatic heterocycles. The van der Waals surface area contributed by atoms with E-state index in [1.165, 1.54) is 11.3 Å². The summed E-state index contributed by atoms with van der Waals surface area (Å²) in [6.07, 6.45) is 2.08. The number of ether oxygens (including phenoxy) is 1. The van der Waals surface area contributed by atoms with Crippen LogP contribution in [0.1, 0.15) is 37.9 Å². The second-order valence-electron chi connectivity index (χ2n) is 8.43. The fourth-order valence-corrected chi connectivity index (χ4v) is 4.29. The largest absolute Gasteiger partial charge is 0.497 e. The number of rotatable bonds is 8. The lowest BCUT2D eigenvalue weighted by atomic mass is 10.1. The molecule has 1 aromatic heterocycles. The predicted molar refractivity (Wildman–Crippen MR) is 128 cm³/mol. The zero-order valence-electron chi connectivity index (χ0n) is 19.5. The maximum absolute atomic E-state index is 12.8. The van der Waals surface area contributed by atoms with E-state index < -0.39 is 0 Å². The highest BCUT2D eigenvalue weighted by molar-refractivity contribution is 7.13. The molecule has 0 unspecified atom stereocenters. The number of amides is 3. The topological polar surface area (TPSA) is 91.8 Å². The summed E-state index contributed by atoms with van der Waals surface area (Å²) >= 11 is 1.32. The second-order valence-corrected chi connectivity index (χ2v) is 9.29. The number of hydrogen-bond acceptors (Lipinski definition) is 6. The van der Waals surface area contributed by atoms with Crippen LogP contribution in [0.2, 0.25) is 0 Å². The third-order valence-electron chi connectivity index (χ3n) is 5.63. The second kappa shape index (κ2) is 11.8. The van der Waals surface area contributed by atoms with Crippen molar-refractivity contribution in [1.29, 1.82) is 0 Å². The summed E-state index contributed by atoms with van der Waals surface area (Å²) in [5, 5.41) is 5.09. The Morgan fingerprint density at radius 3 is 2.36 bits per heavy atom. The zero-order valence-corrected chi connectivity index (χ0v) is 20.3. The molecule has 178 valence electrons. The number of carbonyl (C=O) groups is 3. The molecule has 0 saturated carbocycles. The number of thiazole rings is 1. The Kier molecular flexibility index (Phi) is 8.82. The van der Waals surface area contributed by atoms with E-state index in [-0.39, 0.29) is 30.1 Å². The summed E-state index contributed by atoms with van der Waals surface area (Å²) < 4.78 is 5.17. The van der Waals surface area contributed by atoms with E-state index in [9.17, 15) is 14.4 Å². The number of hydrogen-bond donors (Lipinski definition) is 1. The van der Waals surface area contributed by atoms with Crippen LogP contribution in [-0.4, -0.2) is 65.8 Å². The van der Waals surface area contributed by atoms with Gasteiger partial charge in [0.1, 0.15) is 5.75 Å². The van der Waals surface area contributed by atoms with Crippen LogP contribution in [0.5, 0.6) is 5.75 Å². The van der Waals surface area contributed by atoms with E-state index in [4.69, 9.17) is 4.74 Å². The van der Waals surface area contributed by atoms with Gasteiger partial charge in [-0.25, -0.2) is 4.98 Å². The first kappa shape index (κ1) is 24.7. The minimum absolute atomic E-state index is 0.00503. The van der Waals surface area contributed by atoms with Gasteiger partial charge < -0.3 is 19.9 Å². The maximum Gasteiger partial charge on any atom is 0.228 e. The van der Waals surface area contributed by atoms with Crippen LogP contribution in [0.15, 0.2) is 29.6 Å². The van der Waals surface area contributed by atoms with Crippen molar-refractivity contribution in [2.24, 2.45) is 5.92 Å². The highest BCUT2D eigenvalue weighted by atomic mass is 32.1. The summed E-state index contributed by atoms with van der Waals surface area (Å²) in [7, 11) is 1.63. The van der Waals surface area contributed by atoms with E-state index in [0.717, 1.165) is 17.7 Å². The van der Waals surface area contributed by atoms with Crippen molar-refractivity contribution in [3.63, 3.8) is 0 Å². The van der Waals surface area contributed by atoms with Gasteiger partial charge in [-0.15, -0.1) is 11.3 Å². The minimum Gasteiger partial charge on any atom is -0.497 e. The Labute approximate surface area is 198 Å². The normalized spacial score (nSPS) is 14.2. The van der Waals surface area contributed by atoms with Gasteiger partial charge in [-0.05, 0) is 30.5 Å². The number of nitrogens with zero attached hydrogens (tertiary/aromatic N) is 3. The number of anilines is 1. The lowest BCUT2D eigenvalue weighted by Gasteiger charge is -2.22. The number of benzene rings is 1. The van der Waals surface area contributed by atoms with E-state index in [1.807, 2.05) is 47.9 Å². The summed E-state index contributed by atoms with van der Waals surface area (Å²) in [6.45, 7) is 5.99. The number of carbonyl (C=O) groups excluding carboxylic acids is 3. The Morgan fingerprint density at radius 1 is 1.06 bits per heavy atom. The van der Waals surface area contributed by atoms with Gasteiger partial charge in [0.05, 0.1) is 19.2 Å². The van der Waals surface area contributed by atoms with E-state index >= 15 is 0 Å². The molecule has 1 aliphatic rings. The molecule has 0 atom stereocenters. The summed E-state index contributed by atoms with van der Waals surface area (Å²) in [4.78, 5) is 45.3. The van der Waals surface area contributed by atoms with Crippen LogP contribution < -0.4 is 10.1 Å². The molecule has 1 saturated heterocycles. The van der Waals surface area contributed by atoms with Gasteiger partial charge in [0, 0.05) is 43.9 Å². The first-order valence-electron chi connectivity index (χ1n) is 11.3. The fourth-order valence-electron chi connectivity index (χ4n) is 3.58. The molecular weight excluding hydrogens is 440 g/mol. The van der Waals surface area contributed by atoms with Gasteiger partial charge in [-0.3, -0.25) is 14.4 Å². The van der Waals surface area contributed by atoms with Crippen molar-refractivity contribution in [3.8, 4) is 5.75 Å². The number of nitrogens with one attached hydrogen (secondary N) is 1. The predicted octanol–water partition coefficient (Wildman–Crippen LogP) is 2.98. The Morgan fingerprint density at radius 2 is 1.73 bits per heavy atom. The van der Waals surface area contributed by atoms with Crippen LogP contribution in [-0.2, 0) is 27.2 Å². The molecule has 2 aromatic rings. The summed E-state index contributed by atoms with van der Waals surface area (Å²) in [5.74, 6) is 0.695. The lowest BCUT2D eigenvalue weighted by molar-refractivity contribution is -0.133. The maximum atomic E-state index is 12.8. The van der Waals surface area contributed by atoms with Crippen molar-refractivity contribution in [2.75, 3.05) is 38.6 Å². The highest BCUT2D eigenvalue weighted by Crippen LogP contribution is 2.18. The van der Waals surface area contributed by atoms with Gasteiger partial charge in [-0.1, -0.05) is 26.0 Å². The standard InChI is InChI=1S/C24H32N4O4S/c1-17(2)23(31)26-24-25-19(16-33-24)15-22(30)28-12-4-11-27(13-14-28)21(29)10-7-18-5-8-20(32-3)9-6-18/h5-6,8-9,16-17H,4,7,10-15H2,1-3H3,(H,25,26,31). The molecular formula is C24H32N4O4S. The van der Waals surface area contributed by atoms with Crippen molar-refractivity contribution in [1.82, 2.24) is 14.8 Å². The lowest BCUT2D eigenvalue weighted by Crippen LogP contribution is -2.38. The average Bonchev–Trinajstić information content (AvgIpc) is 3.09. The quantitative estimate of drug-likeness (QED) is 0.638. The SMILES string of the molecule is COc1ccc(CCC(=O)N2CCCN(C(=O)Cc3csc(NC(=O)C(C)C)n3)CC2)cc1. The molecule has 1 fully saturated rings. The van der Waals surface area contributed by atoms with Crippen LogP contribution in [0.25, 0.3) is 0 Å². The molecule has 0 bridgehead atoms. The minimum atomic E-state index is -0.127. The monoisotopic (exact) mass is 472 g/mol. The van der Waals surface area contributed by atoms with Crippen molar-refractivity contribution >= 4 is 34.2 Å². The molecule has 3 rings (SSSR count). The van der Waals surface area contributed by atoms with Crippen LogP contribution in [0.4, 0.5) is 5.13 Å². The van der Waals surface area contributed by atoms with E-state index in [1.54, 1.807) is 12.5 Å². The van der Waals surface area contributed by atoms with E-state index in [2.05, 4.69) is 10.3 Å². The summed E-state index contributed by atoms with van der Waals surface area (Å²) in [5.41, 5.74) is 1.75. The van der Waals surface area contributed by atoms with Crippen molar-refractivity contribution < 1.29 is 19.1 Å². The molecule has 3 amide bonds. The van der Waals surface area contributed by atoms with Gasteiger partial charge in [0.15, 0.2) is 5.13 Å². The third-order valence-corrected chi connectivity index (χ3v) is 6.43. The first-order chi connectivity index (χ1) is 15.9. The van der Waals surface area contributed by atoms with Crippen LogP contribution in [0, 0.1) is 5.92 Å². The fraction of sp³-hybridized carbons (Fsp3) is 0.500. The van der Waals surface area contributed by atoms with E-state index in [0.29, 0.717) is 49.8 Å². The Bertz CT molecular complexity index is 958. The van der Waals surface area contributed by atoms with Gasteiger partial charge in [0.2, 0.25) is 17.7 Å². The summed E-state index contributed by atoms with van der Waals surface area (Å²) in [6, 6.07) is 7.76. The molecule has 33 heavy (non-hydrogen) atoms. The Hall–Kier alpha value is -2.94. The number of aromatic nitrogens is 1. The van der Waals surface area contributed by atoms with Crippen molar-refractivity contribution in [3.05, 3.63) is 40.9 Å². The molecule has 8 nitrogen and oxygen atoms in total. The van der Waals surface area contributed by atoms with Gasteiger partial charge in [0.25, 0.3) is 0 Å². The van der Waals surface area contributed by atoms with Crippen molar-refractivity contribution in [2.45, 2.75) is 39.5 Å². The molecule has 1 N–H and O–H groups in total. The molecule has 0 aliphatic carbocycles. The zero-order chi connectivity index (χ0) is 23.8. The third kappa shape index (κ3) is 7.28. The molecule has 1 aromatic carbocycles. The van der Waals surface area contributed by atoms with Gasteiger partial charge >= 0.3 is 0 Å². The van der Waals surface area contributed by atoms with Gasteiger partial charge in [-0.2, -0.15) is 0 Å². The number of aryl methyl sites for hydroxylation is 1.